The molecule has 2 aromatic carbocycles. The molecule has 0 saturated heterocycles. The van der Waals surface area contributed by atoms with Crippen LogP contribution in [0.2, 0.25) is 5.02 Å². The average molecular weight is 388 g/mol. The van der Waals surface area contributed by atoms with Crippen LogP contribution >= 0.6 is 11.6 Å². The summed E-state index contributed by atoms with van der Waals surface area (Å²) in [6.07, 6.45) is 0.704. The highest BCUT2D eigenvalue weighted by Gasteiger charge is 2.19. The third-order valence-corrected chi connectivity index (χ3v) is 4.66. The largest absolute Gasteiger partial charge is 0.490 e. The van der Waals surface area contributed by atoms with Crippen molar-refractivity contribution in [3.63, 3.8) is 0 Å². The van der Waals surface area contributed by atoms with Gasteiger partial charge in [0.15, 0.2) is 0 Å². The van der Waals surface area contributed by atoms with Gasteiger partial charge in [0, 0.05) is 11.6 Å². The zero-order valence-corrected chi connectivity index (χ0v) is 15.9. The van der Waals surface area contributed by atoms with Crippen molar-refractivity contribution >= 4 is 23.1 Å². The van der Waals surface area contributed by atoms with Crippen molar-refractivity contribution in [2.24, 2.45) is 0 Å². The lowest BCUT2D eigenvalue weighted by molar-refractivity contribution is -0.132. The van der Waals surface area contributed by atoms with Gasteiger partial charge in [0.05, 0.1) is 5.57 Å². The number of nitrogens with one attached hydrogen (secondary N) is 1. The summed E-state index contributed by atoms with van der Waals surface area (Å²) in [5.74, 6) is 0.645. The lowest BCUT2D eigenvalue weighted by atomic mass is 9.94. The molecule has 5 nitrogen and oxygen atoms in total. The second-order valence-corrected chi connectivity index (χ2v) is 6.76. The number of hydrogen-bond acceptors (Lipinski definition) is 4. The van der Waals surface area contributed by atoms with E-state index < -0.39 is 5.97 Å². The SMILES string of the molecule is Cc1cc(Cl)ccc1OCCOc1ccc(C2=C(C(=O)O)CNCC2)cc1. The summed E-state index contributed by atoms with van der Waals surface area (Å²) in [4.78, 5) is 11.4. The Morgan fingerprint density at radius 3 is 2.59 bits per heavy atom. The molecule has 3 rings (SSSR count). The summed E-state index contributed by atoms with van der Waals surface area (Å²) < 4.78 is 11.4. The van der Waals surface area contributed by atoms with Crippen LogP contribution in [0.25, 0.3) is 5.57 Å². The third kappa shape index (κ3) is 5.02. The fourth-order valence-electron chi connectivity index (χ4n) is 3.05. The zero-order valence-electron chi connectivity index (χ0n) is 15.1. The van der Waals surface area contributed by atoms with Crippen LogP contribution in [0.3, 0.4) is 0 Å². The summed E-state index contributed by atoms with van der Waals surface area (Å²) >= 11 is 5.93. The number of aliphatic carboxylic acids is 1. The van der Waals surface area contributed by atoms with Crippen LogP contribution in [0, 0.1) is 6.92 Å². The fourth-order valence-corrected chi connectivity index (χ4v) is 3.27. The number of carbonyl (C=O) groups is 1. The molecule has 1 heterocycles. The van der Waals surface area contributed by atoms with Gasteiger partial charge in [-0.15, -0.1) is 0 Å². The first-order chi connectivity index (χ1) is 13.0. The van der Waals surface area contributed by atoms with Crippen molar-refractivity contribution in [1.29, 1.82) is 0 Å². The molecule has 0 radical (unpaired) electrons. The minimum Gasteiger partial charge on any atom is -0.490 e. The Morgan fingerprint density at radius 1 is 1.15 bits per heavy atom. The fraction of sp³-hybridized carbons (Fsp3) is 0.286. The predicted octanol–water partition coefficient (Wildman–Crippen LogP) is 3.94. The molecule has 0 aliphatic carbocycles. The molecule has 0 fully saturated rings. The van der Waals surface area contributed by atoms with E-state index in [-0.39, 0.29) is 0 Å². The van der Waals surface area contributed by atoms with Crippen molar-refractivity contribution in [1.82, 2.24) is 5.32 Å². The smallest absolute Gasteiger partial charge is 0.333 e. The molecule has 2 aromatic rings. The quantitative estimate of drug-likeness (QED) is 0.704. The minimum atomic E-state index is -0.868. The first-order valence-electron chi connectivity index (χ1n) is 8.83. The molecule has 27 heavy (non-hydrogen) atoms. The van der Waals surface area contributed by atoms with E-state index in [1.165, 1.54) is 0 Å². The first kappa shape index (κ1) is 19.3. The van der Waals surface area contributed by atoms with E-state index in [2.05, 4.69) is 5.32 Å². The van der Waals surface area contributed by atoms with Crippen LogP contribution in [-0.2, 0) is 4.79 Å². The molecule has 142 valence electrons. The van der Waals surface area contributed by atoms with Crippen LogP contribution < -0.4 is 14.8 Å². The number of halogens is 1. The van der Waals surface area contributed by atoms with Gasteiger partial charge in [0.25, 0.3) is 0 Å². The Bertz CT molecular complexity index is 846. The molecule has 0 aromatic heterocycles. The number of carboxylic acid groups (broad SMARTS) is 1. The lowest BCUT2D eigenvalue weighted by Gasteiger charge is -2.19. The van der Waals surface area contributed by atoms with E-state index >= 15 is 0 Å². The van der Waals surface area contributed by atoms with E-state index in [1.807, 2.05) is 43.3 Å². The maximum absolute atomic E-state index is 11.4. The summed E-state index contributed by atoms with van der Waals surface area (Å²) in [6, 6.07) is 13.0. The molecule has 0 amide bonds. The van der Waals surface area contributed by atoms with Gasteiger partial charge in [-0.05, 0) is 66.9 Å². The Morgan fingerprint density at radius 2 is 1.89 bits per heavy atom. The van der Waals surface area contributed by atoms with Gasteiger partial charge in [-0.1, -0.05) is 23.7 Å². The van der Waals surface area contributed by atoms with Crippen LogP contribution in [-0.4, -0.2) is 37.4 Å². The van der Waals surface area contributed by atoms with Crippen molar-refractivity contribution < 1.29 is 19.4 Å². The van der Waals surface area contributed by atoms with Gasteiger partial charge in [-0.3, -0.25) is 0 Å². The number of ether oxygens (including phenoxy) is 2. The second kappa shape index (κ2) is 8.93. The Labute approximate surface area is 163 Å². The van der Waals surface area contributed by atoms with Gasteiger partial charge < -0.3 is 19.9 Å². The van der Waals surface area contributed by atoms with Crippen LogP contribution in [0.4, 0.5) is 0 Å². The Hall–Kier alpha value is -2.50. The van der Waals surface area contributed by atoms with Crippen LogP contribution in [0.15, 0.2) is 48.0 Å². The molecule has 0 saturated carbocycles. The molecule has 0 spiro atoms. The Balaban J connectivity index is 1.55. The van der Waals surface area contributed by atoms with E-state index in [1.54, 1.807) is 6.07 Å². The highest BCUT2D eigenvalue weighted by Crippen LogP contribution is 2.26. The number of hydrogen-bond donors (Lipinski definition) is 2. The molecule has 0 unspecified atom stereocenters. The van der Waals surface area contributed by atoms with E-state index in [9.17, 15) is 9.90 Å². The van der Waals surface area contributed by atoms with Crippen molar-refractivity contribution in [2.75, 3.05) is 26.3 Å². The molecular formula is C21H22ClNO4. The summed E-state index contributed by atoms with van der Waals surface area (Å²) in [6.45, 7) is 3.95. The standard InChI is InChI=1S/C21H22ClNO4/c1-14-12-16(22)4-7-20(14)27-11-10-26-17-5-2-15(3-6-17)18-8-9-23-13-19(18)21(24)25/h2-7,12,23H,8-11,13H2,1H3,(H,24,25). The second-order valence-electron chi connectivity index (χ2n) is 6.32. The zero-order chi connectivity index (χ0) is 19.2. The topological polar surface area (TPSA) is 67.8 Å². The van der Waals surface area contributed by atoms with Gasteiger partial charge in [-0.2, -0.15) is 0 Å². The molecular weight excluding hydrogens is 366 g/mol. The third-order valence-electron chi connectivity index (χ3n) is 4.43. The Kier molecular flexibility index (Phi) is 6.37. The molecule has 0 bridgehead atoms. The van der Waals surface area contributed by atoms with Crippen LogP contribution in [0.1, 0.15) is 17.5 Å². The maximum Gasteiger partial charge on any atom is 0.333 e. The number of aryl methyl sites for hydroxylation is 1. The van der Waals surface area contributed by atoms with Gasteiger partial charge in [-0.25, -0.2) is 4.79 Å². The maximum atomic E-state index is 11.4. The number of rotatable bonds is 7. The van der Waals surface area contributed by atoms with Crippen LogP contribution in [0.5, 0.6) is 11.5 Å². The van der Waals surface area contributed by atoms with Crippen molar-refractivity contribution in [3.05, 3.63) is 64.2 Å². The van der Waals surface area contributed by atoms with Gasteiger partial charge >= 0.3 is 5.97 Å². The van der Waals surface area contributed by atoms with E-state index in [0.29, 0.717) is 36.8 Å². The number of benzene rings is 2. The highest BCUT2D eigenvalue weighted by molar-refractivity contribution is 6.30. The highest BCUT2D eigenvalue weighted by atomic mass is 35.5. The van der Waals surface area contributed by atoms with Crippen molar-refractivity contribution in [3.8, 4) is 11.5 Å². The molecule has 6 heteroatoms. The van der Waals surface area contributed by atoms with Gasteiger partial charge in [0.2, 0.25) is 0 Å². The summed E-state index contributed by atoms with van der Waals surface area (Å²) in [5, 5.41) is 13.1. The predicted molar refractivity (Wildman–Crippen MR) is 106 cm³/mol. The summed E-state index contributed by atoms with van der Waals surface area (Å²) in [5.41, 5.74) is 3.22. The number of carboxylic acids is 1. The normalized spacial score (nSPS) is 14.1. The average Bonchev–Trinajstić information content (AvgIpc) is 2.67. The lowest BCUT2D eigenvalue weighted by Crippen LogP contribution is -2.28. The summed E-state index contributed by atoms with van der Waals surface area (Å²) in [7, 11) is 0. The van der Waals surface area contributed by atoms with Gasteiger partial charge in [0.1, 0.15) is 24.7 Å². The monoisotopic (exact) mass is 387 g/mol. The molecule has 1 aliphatic rings. The van der Waals surface area contributed by atoms with Crippen molar-refractivity contribution in [2.45, 2.75) is 13.3 Å². The molecule has 1 aliphatic heterocycles. The first-order valence-corrected chi connectivity index (χ1v) is 9.20. The van der Waals surface area contributed by atoms with E-state index in [4.69, 9.17) is 21.1 Å². The van der Waals surface area contributed by atoms with E-state index in [0.717, 1.165) is 34.7 Å². The minimum absolute atomic E-state index is 0.393. The molecule has 0 atom stereocenters. The molecule has 2 N–H and O–H groups in total.